The van der Waals surface area contributed by atoms with Crippen molar-refractivity contribution in [1.82, 2.24) is 10.2 Å². The van der Waals surface area contributed by atoms with Crippen molar-refractivity contribution in [3.8, 4) is 11.8 Å². The molecule has 5 nitrogen and oxygen atoms in total. The average molecular weight is 299 g/mol. The van der Waals surface area contributed by atoms with Gasteiger partial charge in [0.25, 0.3) is 0 Å². The molecule has 0 saturated carbocycles. The number of benzene rings is 1. The van der Waals surface area contributed by atoms with Crippen LogP contribution in [0.25, 0.3) is 0 Å². The Bertz CT molecular complexity index is 545. The number of likely N-dealkylation sites (tertiary alicyclic amines) is 1. The summed E-state index contributed by atoms with van der Waals surface area (Å²) < 4.78 is 41.4. The molecule has 0 spiro atoms. The smallest absolute Gasteiger partial charge is 0.405 e. The summed E-state index contributed by atoms with van der Waals surface area (Å²) >= 11 is 0. The summed E-state index contributed by atoms with van der Waals surface area (Å²) in [6.07, 6.45) is -4.67. The minimum absolute atomic E-state index is 0.226. The standard InChI is InChI=1S/C13H12F3N3O2/c14-13(15,16)8-18-12(20)19-6-11(7-19)21-10-3-1-9(5-17)2-4-10/h1-4,11H,6-8H2,(H,18,20). The van der Waals surface area contributed by atoms with Crippen molar-refractivity contribution in [2.24, 2.45) is 0 Å². The number of alkyl halides is 3. The molecule has 1 aromatic carbocycles. The zero-order valence-electron chi connectivity index (χ0n) is 10.9. The first-order valence-electron chi connectivity index (χ1n) is 6.14. The first kappa shape index (κ1) is 15.0. The second-order valence-corrected chi connectivity index (χ2v) is 4.55. The Morgan fingerprint density at radius 3 is 2.52 bits per heavy atom. The third-order valence-electron chi connectivity index (χ3n) is 2.86. The van der Waals surface area contributed by atoms with Crippen LogP contribution in [0.3, 0.4) is 0 Å². The Labute approximate surface area is 118 Å². The quantitative estimate of drug-likeness (QED) is 0.927. The molecule has 1 saturated heterocycles. The molecule has 2 rings (SSSR count). The number of nitrogens with zero attached hydrogens (tertiary/aromatic N) is 2. The predicted octanol–water partition coefficient (Wildman–Crippen LogP) is 1.89. The molecule has 1 aliphatic rings. The van der Waals surface area contributed by atoms with E-state index in [4.69, 9.17) is 10.00 Å². The third kappa shape index (κ3) is 4.27. The molecule has 21 heavy (non-hydrogen) atoms. The Hall–Kier alpha value is -2.43. The van der Waals surface area contributed by atoms with Gasteiger partial charge in [0.05, 0.1) is 24.7 Å². The highest BCUT2D eigenvalue weighted by Gasteiger charge is 2.34. The molecule has 1 N–H and O–H groups in total. The molecule has 112 valence electrons. The van der Waals surface area contributed by atoms with Crippen LogP contribution in [0.2, 0.25) is 0 Å². The van der Waals surface area contributed by atoms with Gasteiger partial charge in [-0.15, -0.1) is 0 Å². The minimum atomic E-state index is -4.42. The average Bonchev–Trinajstić information content (AvgIpc) is 2.39. The second-order valence-electron chi connectivity index (χ2n) is 4.55. The van der Waals surface area contributed by atoms with Gasteiger partial charge >= 0.3 is 12.2 Å². The first-order valence-corrected chi connectivity index (χ1v) is 6.14. The van der Waals surface area contributed by atoms with Gasteiger partial charge in [0, 0.05) is 0 Å². The monoisotopic (exact) mass is 299 g/mol. The Kier molecular flexibility index (Phi) is 4.21. The van der Waals surface area contributed by atoms with Gasteiger partial charge < -0.3 is 15.0 Å². The molecule has 8 heteroatoms. The summed E-state index contributed by atoms with van der Waals surface area (Å²) in [6.45, 7) is -0.892. The van der Waals surface area contributed by atoms with Crippen molar-refractivity contribution in [2.45, 2.75) is 12.3 Å². The summed E-state index contributed by atoms with van der Waals surface area (Å²) in [6, 6.07) is 7.68. The van der Waals surface area contributed by atoms with E-state index in [1.807, 2.05) is 6.07 Å². The molecule has 2 amide bonds. The van der Waals surface area contributed by atoms with E-state index in [9.17, 15) is 18.0 Å². The van der Waals surface area contributed by atoms with E-state index in [2.05, 4.69) is 0 Å². The number of urea groups is 1. The van der Waals surface area contributed by atoms with Crippen molar-refractivity contribution < 1.29 is 22.7 Å². The molecule has 0 aliphatic carbocycles. The maximum Gasteiger partial charge on any atom is 0.405 e. The summed E-state index contributed by atoms with van der Waals surface area (Å²) in [5.41, 5.74) is 0.504. The molecule has 0 radical (unpaired) electrons. The number of halogens is 3. The zero-order valence-corrected chi connectivity index (χ0v) is 10.9. The van der Waals surface area contributed by atoms with E-state index in [-0.39, 0.29) is 19.2 Å². The lowest BCUT2D eigenvalue weighted by molar-refractivity contribution is -0.123. The van der Waals surface area contributed by atoms with E-state index in [0.717, 1.165) is 0 Å². The summed E-state index contributed by atoms with van der Waals surface area (Å²) in [4.78, 5) is 12.6. The Balaban J connectivity index is 1.73. The number of nitriles is 1. The van der Waals surface area contributed by atoms with Crippen LogP contribution in [-0.4, -0.2) is 42.8 Å². The van der Waals surface area contributed by atoms with Gasteiger partial charge in [-0.05, 0) is 24.3 Å². The molecule has 1 heterocycles. The van der Waals surface area contributed by atoms with E-state index in [0.29, 0.717) is 11.3 Å². The number of hydrogen-bond acceptors (Lipinski definition) is 3. The van der Waals surface area contributed by atoms with Crippen LogP contribution < -0.4 is 10.1 Å². The van der Waals surface area contributed by atoms with Crippen molar-refractivity contribution >= 4 is 6.03 Å². The number of ether oxygens (including phenoxy) is 1. The highest BCUT2D eigenvalue weighted by molar-refractivity contribution is 5.75. The van der Waals surface area contributed by atoms with E-state index >= 15 is 0 Å². The Morgan fingerprint density at radius 1 is 1.38 bits per heavy atom. The second kappa shape index (κ2) is 5.91. The normalized spacial score (nSPS) is 15.0. The summed E-state index contributed by atoms with van der Waals surface area (Å²) in [5, 5.41) is 10.4. The van der Waals surface area contributed by atoms with Gasteiger partial charge in [-0.2, -0.15) is 18.4 Å². The lowest BCUT2D eigenvalue weighted by Crippen LogP contribution is -2.59. The van der Waals surface area contributed by atoms with E-state index < -0.39 is 18.8 Å². The molecule has 0 aromatic heterocycles. The van der Waals surface area contributed by atoms with Crippen LogP contribution in [0, 0.1) is 11.3 Å². The molecular weight excluding hydrogens is 287 g/mol. The van der Waals surface area contributed by atoms with Crippen LogP contribution in [0.1, 0.15) is 5.56 Å². The zero-order chi connectivity index (χ0) is 15.5. The van der Waals surface area contributed by atoms with Crippen molar-refractivity contribution in [1.29, 1.82) is 5.26 Å². The summed E-state index contributed by atoms with van der Waals surface area (Å²) in [5.74, 6) is 0.550. The molecule has 0 unspecified atom stereocenters. The van der Waals surface area contributed by atoms with Crippen molar-refractivity contribution in [3.63, 3.8) is 0 Å². The molecule has 0 bridgehead atoms. The maximum atomic E-state index is 11.9. The Morgan fingerprint density at radius 2 is 2.00 bits per heavy atom. The van der Waals surface area contributed by atoms with Gasteiger partial charge in [-0.3, -0.25) is 0 Å². The molecular formula is C13H12F3N3O2. The predicted molar refractivity (Wildman–Crippen MR) is 66.6 cm³/mol. The number of hydrogen-bond donors (Lipinski definition) is 1. The van der Waals surface area contributed by atoms with Crippen LogP contribution >= 0.6 is 0 Å². The molecule has 1 aromatic rings. The number of nitrogens with one attached hydrogen (secondary N) is 1. The van der Waals surface area contributed by atoms with Gasteiger partial charge in [0.2, 0.25) is 0 Å². The van der Waals surface area contributed by atoms with Gasteiger partial charge in [0.15, 0.2) is 0 Å². The van der Waals surface area contributed by atoms with Gasteiger partial charge in [0.1, 0.15) is 18.4 Å². The first-order chi connectivity index (χ1) is 9.87. The lowest BCUT2D eigenvalue weighted by atomic mass is 10.1. The minimum Gasteiger partial charge on any atom is -0.487 e. The highest BCUT2D eigenvalue weighted by Crippen LogP contribution is 2.19. The molecule has 1 aliphatic heterocycles. The van der Waals surface area contributed by atoms with Crippen molar-refractivity contribution in [2.75, 3.05) is 19.6 Å². The highest BCUT2D eigenvalue weighted by atomic mass is 19.4. The fourth-order valence-corrected chi connectivity index (χ4v) is 1.77. The fraction of sp³-hybridized carbons (Fsp3) is 0.385. The van der Waals surface area contributed by atoms with Crippen molar-refractivity contribution in [3.05, 3.63) is 29.8 Å². The van der Waals surface area contributed by atoms with Gasteiger partial charge in [-0.1, -0.05) is 0 Å². The fourth-order valence-electron chi connectivity index (χ4n) is 1.77. The topological polar surface area (TPSA) is 65.4 Å². The maximum absolute atomic E-state index is 11.9. The third-order valence-corrected chi connectivity index (χ3v) is 2.86. The summed E-state index contributed by atoms with van der Waals surface area (Å²) in [7, 11) is 0. The van der Waals surface area contributed by atoms with E-state index in [1.54, 1.807) is 29.6 Å². The van der Waals surface area contributed by atoms with Gasteiger partial charge in [-0.25, -0.2) is 4.79 Å². The lowest BCUT2D eigenvalue weighted by Gasteiger charge is -2.38. The number of carbonyl (C=O) groups is 1. The van der Waals surface area contributed by atoms with Crippen LogP contribution in [0.15, 0.2) is 24.3 Å². The number of rotatable bonds is 3. The van der Waals surface area contributed by atoms with Crippen LogP contribution in [-0.2, 0) is 0 Å². The van der Waals surface area contributed by atoms with Crippen LogP contribution in [0.5, 0.6) is 5.75 Å². The number of amides is 2. The van der Waals surface area contributed by atoms with E-state index in [1.165, 1.54) is 4.90 Å². The largest absolute Gasteiger partial charge is 0.487 e. The SMILES string of the molecule is N#Cc1ccc(OC2CN(C(=O)NCC(F)(F)F)C2)cc1. The molecule has 0 atom stereocenters. The van der Waals surface area contributed by atoms with Crippen LogP contribution in [0.4, 0.5) is 18.0 Å². The number of carbonyl (C=O) groups excluding carboxylic acids is 1. The molecule has 1 fully saturated rings.